The van der Waals surface area contributed by atoms with Gasteiger partial charge in [0.1, 0.15) is 0 Å². The summed E-state index contributed by atoms with van der Waals surface area (Å²) in [6, 6.07) is 1.90. The molecule has 0 aromatic heterocycles. The second kappa shape index (κ2) is 18.5. The number of nitrogens with zero attached hydrogens (tertiary/aromatic N) is 3. The fourth-order valence-electron chi connectivity index (χ4n) is 1.60. The molecule has 0 bridgehead atoms. The molecule has 0 saturated carbocycles. The van der Waals surface area contributed by atoms with Crippen molar-refractivity contribution in [1.29, 1.82) is 0 Å². The molecule has 0 N–H and O–H groups in total. The molecule has 1 rings (SSSR count). The summed E-state index contributed by atoms with van der Waals surface area (Å²) in [5, 5.41) is -7.86. The van der Waals surface area contributed by atoms with Crippen LogP contribution in [0.25, 0.3) is 16.0 Å². The van der Waals surface area contributed by atoms with Crippen molar-refractivity contribution in [2.45, 2.75) is 35.8 Å². The van der Waals surface area contributed by atoms with E-state index in [9.17, 15) is 39.5 Å². The minimum absolute atomic E-state index is 0. The first kappa shape index (κ1) is 38.3. The van der Waals surface area contributed by atoms with E-state index in [1.54, 1.807) is 21.1 Å². The summed E-state index contributed by atoms with van der Waals surface area (Å²) in [6.45, 7) is 8.88. The van der Waals surface area contributed by atoms with Crippen LogP contribution in [-0.4, -0.2) is 69.1 Å². The molecule has 0 radical (unpaired) electrons. The molecule has 0 saturated heterocycles. The molecule has 0 amide bonds. The molecule has 0 aliphatic rings. The molecule has 0 spiro atoms. The Morgan fingerprint density at radius 1 is 0.613 bits per heavy atom. The number of hydrogen-bond donors (Lipinski definition) is 0. The van der Waals surface area contributed by atoms with Crippen molar-refractivity contribution in [2.24, 2.45) is 0 Å². The molecule has 1 aromatic carbocycles. The zero-order chi connectivity index (χ0) is 24.6. The average Bonchev–Trinajstić information content (AvgIpc) is 3.13. The van der Waals surface area contributed by atoms with Gasteiger partial charge in [-0.3, -0.25) is 0 Å². The third kappa shape index (κ3) is 12.7. The molecule has 31 heavy (non-hydrogen) atoms. The van der Waals surface area contributed by atoms with Gasteiger partial charge in [0.05, 0.1) is 0 Å². The van der Waals surface area contributed by atoms with Gasteiger partial charge < -0.3 is 16.0 Å². The van der Waals surface area contributed by atoms with Gasteiger partial charge in [0.2, 0.25) is 0 Å². The van der Waals surface area contributed by atoms with Crippen LogP contribution in [0.4, 0.5) is 39.5 Å². The van der Waals surface area contributed by atoms with Gasteiger partial charge in [-0.25, -0.2) is 0 Å². The van der Waals surface area contributed by atoms with E-state index in [1.165, 1.54) is 0 Å². The van der Waals surface area contributed by atoms with Crippen LogP contribution in [0, 0.1) is 0 Å². The van der Waals surface area contributed by atoms with Gasteiger partial charge in [0, 0.05) is 0 Å². The maximum Gasteiger partial charge on any atom is 4.00 e. The van der Waals surface area contributed by atoms with E-state index in [-0.39, 0.29) is 38.3 Å². The van der Waals surface area contributed by atoms with E-state index >= 15 is 0 Å². The van der Waals surface area contributed by atoms with E-state index in [4.69, 9.17) is 0 Å². The Labute approximate surface area is 199 Å². The van der Waals surface area contributed by atoms with Gasteiger partial charge in [-0.05, 0) is 0 Å². The van der Waals surface area contributed by atoms with Gasteiger partial charge >= 0.3 is 123 Å². The van der Waals surface area contributed by atoms with E-state index in [2.05, 4.69) is 16.0 Å². The Morgan fingerprint density at radius 2 is 0.806 bits per heavy atom. The van der Waals surface area contributed by atoms with Crippen LogP contribution >= 0.6 is 0 Å². The quantitative estimate of drug-likeness (QED) is 0.216. The summed E-state index contributed by atoms with van der Waals surface area (Å²) in [5.41, 5.74) is 0. The molecule has 0 fully saturated rings. The van der Waals surface area contributed by atoms with Crippen molar-refractivity contribution in [1.82, 2.24) is 0 Å². The molecule has 14 heteroatoms. The third-order valence-corrected chi connectivity index (χ3v) is 11.2. The van der Waals surface area contributed by atoms with E-state index in [1.807, 2.05) is 20.8 Å². The van der Waals surface area contributed by atoms with E-state index in [0.29, 0.717) is 0 Å². The van der Waals surface area contributed by atoms with Crippen LogP contribution in [0.5, 0.6) is 0 Å². The van der Waals surface area contributed by atoms with Crippen LogP contribution in [0.2, 0.25) is 0 Å². The van der Waals surface area contributed by atoms with Crippen molar-refractivity contribution in [3.63, 3.8) is 0 Å². The van der Waals surface area contributed by atoms with Crippen LogP contribution in [-0.2, 0) is 26.2 Å². The summed E-state index contributed by atoms with van der Waals surface area (Å²) >= 11 is -8.38. The van der Waals surface area contributed by atoms with Gasteiger partial charge in [-0.1, -0.05) is 20.8 Å². The van der Waals surface area contributed by atoms with E-state index in [0.717, 1.165) is 31.8 Å². The molecule has 1 aromatic rings. The molecule has 0 unspecified atom stereocenters. The molecule has 3 nitrogen and oxygen atoms in total. The second-order valence-electron chi connectivity index (χ2n) is 5.31. The normalized spacial score (nSPS) is 11.6. The van der Waals surface area contributed by atoms with Crippen molar-refractivity contribution in [2.75, 3.05) is 40.8 Å². The second-order valence-corrected chi connectivity index (χ2v) is 13.2. The van der Waals surface area contributed by atoms with Gasteiger partial charge in [0.15, 0.2) is 0 Å². The maximum absolute atomic E-state index is 12.6. The maximum atomic E-state index is 12.6. The number of hydrogen-bond acceptors (Lipinski definition) is 0. The number of halogens is 9. The van der Waals surface area contributed by atoms with Crippen molar-refractivity contribution < 1.29 is 65.7 Å². The Morgan fingerprint density at radius 3 is 0.935 bits per heavy atom. The Balaban J connectivity index is -0.000000232. The summed E-state index contributed by atoms with van der Waals surface area (Å²) in [4.78, 5) is 0. The molecular formula is C17H28F9GeN3Zr. The first-order valence-corrected chi connectivity index (χ1v) is 12.9. The van der Waals surface area contributed by atoms with Gasteiger partial charge in [-0.15, -0.1) is 0 Å². The molecular weight excluding hydrogens is 581 g/mol. The summed E-state index contributed by atoms with van der Waals surface area (Å²) < 4.78 is 111. The Hall–Kier alpha value is 0.0260. The summed E-state index contributed by atoms with van der Waals surface area (Å²) in [6.07, 6.45) is 0. The predicted molar refractivity (Wildman–Crippen MR) is 105 cm³/mol. The van der Waals surface area contributed by atoms with Gasteiger partial charge in [0.25, 0.3) is 0 Å². The van der Waals surface area contributed by atoms with Crippen molar-refractivity contribution in [3.8, 4) is 0 Å². The molecule has 182 valence electrons. The topological polar surface area (TPSA) is 42.3 Å². The third-order valence-electron chi connectivity index (χ3n) is 3.32. The molecule has 0 heterocycles. The Bertz CT molecular complexity index is 453. The fraction of sp³-hybridized carbons (Fsp3) is 0.706. The zero-order valence-electron chi connectivity index (χ0n) is 18.2. The van der Waals surface area contributed by atoms with Gasteiger partial charge in [-0.2, -0.15) is 40.8 Å². The smallest absolute Gasteiger partial charge is 4.00 e. The Kier molecular flexibility index (Phi) is 22.8. The van der Waals surface area contributed by atoms with Crippen LogP contribution < -0.4 is 4.40 Å². The largest absolute Gasteiger partial charge is 4.00 e. The molecule has 0 aliphatic carbocycles. The fourth-order valence-corrected chi connectivity index (χ4v) is 7.13. The SMILES string of the molecule is CC[N-]C.CC[N-]C.CC[N-]C.F[C](F)(F)[Ge]([c-]1cccc1)([C](F)(F)F)[C](F)(F)F.[Zr+4]. The first-order chi connectivity index (χ1) is 13.6. The monoisotopic (exact) mass is 609 g/mol. The summed E-state index contributed by atoms with van der Waals surface area (Å²) in [5.74, 6) is 0. The average molecular weight is 609 g/mol. The number of rotatable bonds is 4. The zero-order valence-corrected chi connectivity index (χ0v) is 22.7. The summed E-state index contributed by atoms with van der Waals surface area (Å²) in [7, 11) is 5.42. The minimum Gasteiger partial charge on any atom is 4.00 e. The van der Waals surface area contributed by atoms with Crippen LogP contribution in [0.15, 0.2) is 24.3 Å². The van der Waals surface area contributed by atoms with Crippen LogP contribution in [0.3, 0.4) is 0 Å². The molecule has 0 aliphatic heterocycles. The number of alkyl halides is 9. The predicted octanol–water partition coefficient (Wildman–Crippen LogP) is 6.39. The standard InChI is InChI=1S/C8H4F9Ge.3C3H8N.Zr/c9-6(10,11)18(7(12,13)14,8(15,16)17)5-3-1-2-4-5;3*1-3-4-2;/h1-4H;3*3H2,1-2H3;/q4*-1;+4. The van der Waals surface area contributed by atoms with Crippen molar-refractivity contribution >= 4 is 17.7 Å². The minimum atomic E-state index is -8.38. The first-order valence-electron chi connectivity index (χ1n) is 8.69. The van der Waals surface area contributed by atoms with Crippen molar-refractivity contribution in [3.05, 3.63) is 40.2 Å². The molecule has 0 atom stereocenters. The van der Waals surface area contributed by atoms with Crippen LogP contribution in [0.1, 0.15) is 20.8 Å². The van der Waals surface area contributed by atoms with E-state index < -0.39 is 32.7 Å².